The quantitative estimate of drug-likeness (QED) is 0.538. The van der Waals surface area contributed by atoms with Crippen molar-refractivity contribution in [2.75, 3.05) is 7.11 Å². The van der Waals surface area contributed by atoms with E-state index in [2.05, 4.69) is 8.37 Å². The zero-order valence-corrected chi connectivity index (χ0v) is 8.67. The van der Waals surface area contributed by atoms with E-state index in [1.807, 2.05) is 0 Å². The third-order valence-corrected chi connectivity index (χ3v) is 3.11. The van der Waals surface area contributed by atoms with Gasteiger partial charge in [0.2, 0.25) is 0 Å². The van der Waals surface area contributed by atoms with E-state index < -0.39 is 35.8 Å². The van der Waals surface area contributed by atoms with Gasteiger partial charge in [-0.3, -0.25) is 0 Å². The number of hydrogen-bond donors (Lipinski definition) is 0. The van der Waals surface area contributed by atoms with Crippen LogP contribution in [-0.2, 0) is 19.8 Å². The first-order chi connectivity index (χ1) is 7.14. The van der Waals surface area contributed by atoms with Crippen molar-refractivity contribution in [3.8, 4) is 0 Å². The second-order valence-electron chi connectivity index (χ2n) is 2.91. The largest absolute Gasteiger partial charge is 0.432 e. The summed E-state index contributed by atoms with van der Waals surface area (Å²) in [6.45, 7) is 0. The van der Waals surface area contributed by atoms with Crippen LogP contribution in [-0.4, -0.2) is 25.1 Å². The minimum absolute atomic E-state index is 0.761. The van der Waals surface area contributed by atoms with Crippen LogP contribution in [0.25, 0.3) is 0 Å². The maximum absolute atomic E-state index is 12.5. The van der Waals surface area contributed by atoms with Crippen molar-refractivity contribution < 1.29 is 34.7 Å². The number of rotatable bonds is 1. The first-order valence-corrected chi connectivity index (χ1v) is 5.05. The summed E-state index contributed by atoms with van der Waals surface area (Å²) in [4.78, 5) is 0. The summed E-state index contributed by atoms with van der Waals surface area (Å²) in [5.41, 5.74) is -4.17. The van der Waals surface area contributed by atoms with Crippen molar-refractivity contribution in [2.45, 2.75) is 24.4 Å². The van der Waals surface area contributed by atoms with Crippen LogP contribution in [0, 0.1) is 0 Å². The maximum Gasteiger partial charge on any atom is 0.432 e. The van der Waals surface area contributed by atoms with E-state index in [1.165, 1.54) is 0 Å². The molecule has 1 atom stereocenters. The predicted octanol–water partition coefficient (Wildman–Crippen LogP) is 2.88. The molecular weight excluding hydrogens is 262 g/mol. The molecule has 0 amide bonds. The van der Waals surface area contributed by atoms with Gasteiger partial charge in [0.05, 0.1) is 7.11 Å². The Morgan fingerprint density at radius 3 is 2.06 bits per heavy atom. The predicted molar refractivity (Wildman–Crippen MR) is 44.1 cm³/mol. The van der Waals surface area contributed by atoms with Gasteiger partial charge in [-0.05, 0) is 6.08 Å². The lowest BCUT2D eigenvalue weighted by atomic mass is 9.98. The Morgan fingerprint density at radius 2 is 1.69 bits per heavy atom. The molecule has 1 aliphatic heterocycles. The fourth-order valence-electron chi connectivity index (χ4n) is 1.07. The van der Waals surface area contributed by atoms with Crippen LogP contribution in [0.4, 0.5) is 26.3 Å². The first-order valence-electron chi connectivity index (χ1n) is 3.91. The molecule has 0 saturated heterocycles. The van der Waals surface area contributed by atoms with Gasteiger partial charge < -0.3 is 0 Å². The lowest BCUT2D eigenvalue weighted by molar-refractivity contribution is -0.355. The molecule has 1 aliphatic rings. The maximum atomic E-state index is 12.5. The number of hydrogen-bond acceptors (Lipinski definition) is 2. The SMILES string of the molecule is CO[S+]1C=CCC(C(F)(F)F)(C(F)(F)F)O1. The summed E-state index contributed by atoms with van der Waals surface area (Å²) in [5, 5.41) is 1.02. The molecular formula is C7H7F6O2S+. The van der Waals surface area contributed by atoms with Gasteiger partial charge in [-0.25, -0.2) is 0 Å². The molecule has 0 radical (unpaired) electrons. The number of alkyl halides is 6. The Kier molecular flexibility index (Phi) is 3.51. The third kappa shape index (κ3) is 2.16. The molecule has 0 bridgehead atoms. The Hall–Kier alpha value is -0.410. The monoisotopic (exact) mass is 269 g/mol. The van der Waals surface area contributed by atoms with E-state index in [1.54, 1.807) is 0 Å². The smallest absolute Gasteiger partial charge is 0.167 e. The van der Waals surface area contributed by atoms with Crippen LogP contribution in [0.1, 0.15) is 6.42 Å². The highest BCUT2D eigenvalue weighted by molar-refractivity contribution is 7.90. The fourth-order valence-corrected chi connectivity index (χ4v) is 2.10. The van der Waals surface area contributed by atoms with Gasteiger partial charge in [-0.15, -0.1) is 8.37 Å². The molecule has 0 aliphatic carbocycles. The van der Waals surface area contributed by atoms with E-state index in [0.717, 1.165) is 18.6 Å². The third-order valence-electron chi connectivity index (χ3n) is 1.92. The van der Waals surface area contributed by atoms with Crippen LogP contribution in [0.5, 0.6) is 0 Å². The van der Waals surface area contributed by atoms with Gasteiger partial charge in [-0.2, -0.15) is 26.3 Å². The molecule has 94 valence electrons. The second-order valence-corrected chi connectivity index (χ2v) is 4.20. The van der Waals surface area contributed by atoms with Crippen LogP contribution >= 0.6 is 0 Å². The van der Waals surface area contributed by atoms with Gasteiger partial charge in [-0.1, -0.05) is 0 Å². The Bertz CT molecular complexity index is 270. The van der Waals surface area contributed by atoms with Crippen LogP contribution in [0.3, 0.4) is 0 Å². The molecule has 0 aromatic rings. The summed E-state index contributed by atoms with van der Waals surface area (Å²) >= 11 is -1.93. The van der Waals surface area contributed by atoms with E-state index in [4.69, 9.17) is 0 Å². The molecule has 0 spiro atoms. The molecule has 16 heavy (non-hydrogen) atoms. The van der Waals surface area contributed by atoms with Crippen molar-refractivity contribution >= 4 is 11.5 Å². The van der Waals surface area contributed by atoms with Gasteiger partial charge in [0.15, 0.2) is 5.41 Å². The Balaban J connectivity index is 3.13. The van der Waals surface area contributed by atoms with E-state index in [9.17, 15) is 26.3 Å². The minimum atomic E-state index is -5.54. The van der Waals surface area contributed by atoms with Crippen LogP contribution in [0.2, 0.25) is 0 Å². The molecule has 0 saturated carbocycles. The summed E-state index contributed by atoms with van der Waals surface area (Å²) in [6, 6.07) is 0. The molecule has 0 aromatic heterocycles. The average molecular weight is 269 g/mol. The van der Waals surface area contributed by atoms with Crippen LogP contribution in [0.15, 0.2) is 11.5 Å². The zero-order chi connectivity index (χ0) is 12.6. The molecule has 0 aromatic carbocycles. The minimum Gasteiger partial charge on any atom is -0.167 e. The van der Waals surface area contributed by atoms with Gasteiger partial charge in [0.1, 0.15) is 0 Å². The van der Waals surface area contributed by atoms with Crippen molar-refractivity contribution in [3.05, 3.63) is 11.5 Å². The molecule has 0 N–H and O–H groups in total. The normalized spacial score (nSPS) is 25.8. The molecule has 9 heteroatoms. The van der Waals surface area contributed by atoms with E-state index in [0.29, 0.717) is 0 Å². The highest BCUT2D eigenvalue weighted by atomic mass is 32.2. The van der Waals surface area contributed by atoms with Gasteiger partial charge >= 0.3 is 29.4 Å². The highest BCUT2D eigenvalue weighted by Gasteiger charge is 2.77. The lowest BCUT2D eigenvalue weighted by Gasteiger charge is -2.33. The topological polar surface area (TPSA) is 18.5 Å². The molecule has 1 heterocycles. The summed E-state index contributed by atoms with van der Waals surface area (Å²) in [6.07, 6.45) is -11.6. The summed E-state index contributed by atoms with van der Waals surface area (Å²) in [5.74, 6) is 0. The molecule has 2 nitrogen and oxygen atoms in total. The van der Waals surface area contributed by atoms with Crippen molar-refractivity contribution in [2.24, 2.45) is 0 Å². The summed E-state index contributed by atoms with van der Waals surface area (Å²) in [7, 11) is 0.969. The summed E-state index contributed by atoms with van der Waals surface area (Å²) < 4.78 is 83.2. The van der Waals surface area contributed by atoms with Crippen molar-refractivity contribution in [3.63, 3.8) is 0 Å². The first kappa shape index (κ1) is 13.7. The van der Waals surface area contributed by atoms with Crippen molar-refractivity contribution in [1.82, 2.24) is 0 Å². The van der Waals surface area contributed by atoms with Crippen molar-refractivity contribution in [1.29, 1.82) is 0 Å². The zero-order valence-electron chi connectivity index (χ0n) is 7.85. The number of halogens is 6. The van der Waals surface area contributed by atoms with Gasteiger partial charge in [0.25, 0.3) is 0 Å². The average Bonchev–Trinajstić information content (AvgIpc) is 2.14. The van der Waals surface area contributed by atoms with Crippen LogP contribution < -0.4 is 0 Å². The Labute approximate surface area is 90.0 Å². The van der Waals surface area contributed by atoms with Gasteiger partial charge in [0, 0.05) is 6.42 Å². The van der Waals surface area contributed by atoms with E-state index in [-0.39, 0.29) is 0 Å². The highest BCUT2D eigenvalue weighted by Crippen LogP contribution is 2.50. The van der Waals surface area contributed by atoms with E-state index >= 15 is 0 Å². The molecule has 1 rings (SSSR count). The standard InChI is InChI=1S/C7H7F6O2S/c1-14-16-4-2-3-5(15-16,6(8,9)10)7(11,12)13/h2,4H,3H2,1H3/q+1. The Morgan fingerprint density at radius 1 is 1.19 bits per heavy atom. The second kappa shape index (κ2) is 4.11. The molecule has 0 fully saturated rings. The lowest BCUT2D eigenvalue weighted by Crippen LogP contribution is -2.60. The molecule has 1 unspecified atom stereocenters. The fraction of sp³-hybridized carbons (Fsp3) is 0.714.